The molecule has 3 rings (SSSR count). The third kappa shape index (κ3) is 6.46. The Bertz CT molecular complexity index is 703. The minimum atomic E-state index is -1.53. The van der Waals surface area contributed by atoms with E-state index >= 15 is 0 Å². The van der Waals surface area contributed by atoms with Crippen molar-refractivity contribution in [1.82, 2.24) is 5.32 Å². The van der Waals surface area contributed by atoms with E-state index in [9.17, 15) is 14.7 Å². The van der Waals surface area contributed by atoms with Crippen LogP contribution in [0.5, 0.6) is 0 Å². The largest absolute Gasteiger partial charge is 0.459 e. The molecule has 3 heterocycles. The van der Waals surface area contributed by atoms with Gasteiger partial charge in [-0.25, -0.2) is 4.79 Å². The van der Waals surface area contributed by atoms with Gasteiger partial charge >= 0.3 is 5.97 Å². The highest BCUT2D eigenvalue weighted by molar-refractivity contribution is 8.14. The van der Waals surface area contributed by atoms with E-state index in [4.69, 9.17) is 9.47 Å². The smallest absolute Gasteiger partial charge is 0.330 e. The minimum Gasteiger partial charge on any atom is -0.459 e. The summed E-state index contributed by atoms with van der Waals surface area (Å²) in [5.74, 6) is -1.10. The summed E-state index contributed by atoms with van der Waals surface area (Å²) in [4.78, 5) is 24.0. The van der Waals surface area contributed by atoms with Gasteiger partial charge < -0.3 is 19.9 Å². The van der Waals surface area contributed by atoms with E-state index in [1.807, 2.05) is 13.0 Å². The van der Waals surface area contributed by atoms with Gasteiger partial charge in [-0.05, 0) is 38.5 Å². The molecule has 160 valence electrons. The average molecular weight is 422 g/mol. The van der Waals surface area contributed by atoms with E-state index in [1.165, 1.54) is 6.08 Å². The highest BCUT2D eigenvalue weighted by atomic mass is 32.2. The van der Waals surface area contributed by atoms with Gasteiger partial charge in [-0.3, -0.25) is 4.79 Å². The molecule has 0 aliphatic carbocycles. The summed E-state index contributed by atoms with van der Waals surface area (Å²) in [7, 11) is 0. The van der Waals surface area contributed by atoms with Gasteiger partial charge in [0.05, 0.1) is 12.1 Å². The van der Waals surface area contributed by atoms with E-state index in [-0.39, 0.29) is 23.7 Å². The van der Waals surface area contributed by atoms with Crippen LogP contribution in [0.25, 0.3) is 0 Å². The van der Waals surface area contributed by atoms with Crippen LogP contribution in [0.1, 0.15) is 52.4 Å². The number of fused-ring (bicyclic) bond motifs is 2. The second kappa shape index (κ2) is 9.96. The Morgan fingerprint density at radius 3 is 2.83 bits per heavy atom. The molecule has 5 atom stereocenters. The number of carbonyl (C=O) groups excluding carboxylic acids is 2. The van der Waals surface area contributed by atoms with E-state index in [0.29, 0.717) is 18.1 Å². The molecular weight excluding hydrogens is 390 g/mol. The van der Waals surface area contributed by atoms with Crippen molar-refractivity contribution < 1.29 is 24.2 Å². The summed E-state index contributed by atoms with van der Waals surface area (Å²) in [5.41, 5.74) is 0.961. The zero-order valence-electron chi connectivity index (χ0n) is 17.1. The van der Waals surface area contributed by atoms with Gasteiger partial charge in [-0.1, -0.05) is 48.6 Å². The lowest BCUT2D eigenvalue weighted by Crippen LogP contribution is -2.58. The Morgan fingerprint density at radius 1 is 1.24 bits per heavy atom. The maximum absolute atomic E-state index is 12.4. The van der Waals surface area contributed by atoms with Crippen molar-refractivity contribution in [2.75, 3.05) is 5.75 Å². The normalized spacial score (nSPS) is 41.0. The van der Waals surface area contributed by atoms with Crippen molar-refractivity contribution in [1.29, 1.82) is 0 Å². The maximum Gasteiger partial charge on any atom is 0.330 e. The minimum absolute atomic E-state index is 0.159. The zero-order valence-corrected chi connectivity index (χ0v) is 18.0. The molecule has 0 unspecified atom stereocenters. The van der Waals surface area contributed by atoms with E-state index in [2.05, 4.69) is 30.5 Å². The highest BCUT2D eigenvalue weighted by Gasteiger charge is 2.49. The van der Waals surface area contributed by atoms with Gasteiger partial charge in [0.25, 0.3) is 5.24 Å². The van der Waals surface area contributed by atoms with E-state index in [1.54, 1.807) is 0 Å². The molecule has 29 heavy (non-hydrogen) atoms. The molecule has 0 radical (unpaired) electrons. The van der Waals surface area contributed by atoms with Gasteiger partial charge in [0.15, 0.2) is 5.79 Å². The number of thioether (sulfide) groups is 1. The quantitative estimate of drug-likeness (QED) is 0.626. The SMILES string of the molecule is C/C1=C/C(=O)O[C@@H]2C[C@H](CC[C@H](C)/C=C\C=C\CC1)O[C@@](O)([C@H]1CSC(=O)N1)C2. The van der Waals surface area contributed by atoms with Gasteiger partial charge in [0.2, 0.25) is 0 Å². The zero-order chi connectivity index (χ0) is 20.9. The van der Waals surface area contributed by atoms with Crippen LogP contribution in [-0.2, 0) is 14.3 Å². The lowest BCUT2D eigenvalue weighted by molar-refractivity contribution is -0.283. The van der Waals surface area contributed by atoms with Crippen molar-refractivity contribution >= 4 is 23.0 Å². The van der Waals surface area contributed by atoms with Crippen molar-refractivity contribution in [2.24, 2.45) is 5.92 Å². The van der Waals surface area contributed by atoms with Gasteiger partial charge in [-0.15, -0.1) is 0 Å². The van der Waals surface area contributed by atoms with Crippen LogP contribution in [0.3, 0.4) is 0 Å². The summed E-state index contributed by atoms with van der Waals surface area (Å²) in [6, 6.07) is -0.505. The summed E-state index contributed by atoms with van der Waals surface area (Å²) < 4.78 is 11.8. The third-order valence-corrected chi connectivity index (χ3v) is 6.50. The number of rotatable bonds is 1. The molecule has 2 bridgehead atoms. The summed E-state index contributed by atoms with van der Waals surface area (Å²) in [6.07, 6.45) is 13.2. The molecule has 7 heteroatoms. The van der Waals surface area contributed by atoms with Crippen LogP contribution in [0.4, 0.5) is 4.79 Å². The monoisotopic (exact) mass is 421 g/mol. The first-order valence-corrected chi connectivity index (χ1v) is 11.4. The predicted octanol–water partition coefficient (Wildman–Crippen LogP) is 3.86. The molecular formula is C22H31NO5S. The molecule has 2 N–H and O–H groups in total. The molecule has 2 fully saturated rings. The Kier molecular flexibility index (Phi) is 7.60. The van der Waals surface area contributed by atoms with Gasteiger partial charge in [0.1, 0.15) is 6.10 Å². The summed E-state index contributed by atoms with van der Waals surface area (Å²) in [5, 5.41) is 13.8. The van der Waals surface area contributed by atoms with Crippen LogP contribution < -0.4 is 5.32 Å². The fraction of sp³-hybridized carbons (Fsp3) is 0.636. The van der Waals surface area contributed by atoms with Crippen molar-refractivity contribution in [2.45, 2.75) is 76.4 Å². The van der Waals surface area contributed by atoms with E-state index in [0.717, 1.165) is 43.0 Å². The molecule has 0 spiro atoms. The van der Waals surface area contributed by atoms with Crippen LogP contribution in [0.2, 0.25) is 0 Å². The molecule has 3 aliphatic heterocycles. The standard InChI is InChI=1S/C22H31NO5S/c1-15-7-5-3-4-6-8-16(2)11-20(24)27-18-12-17(10-9-15)28-22(26,13-18)19-14-29-21(25)23-19/h3-5,7,11,15,17-19,26H,6,8-10,12-14H2,1-2H3,(H,23,25)/b4-3+,7-5-,16-11-/t15-,17+,18-,19-,22-/m1/s1. The second-order valence-corrected chi connectivity index (χ2v) is 9.27. The van der Waals surface area contributed by atoms with E-state index < -0.39 is 17.9 Å². The first-order valence-electron chi connectivity index (χ1n) is 10.4. The molecule has 1 amide bonds. The number of aliphatic hydroxyl groups is 1. The van der Waals surface area contributed by atoms with Crippen LogP contribution in [0, 0.1) is 5.92 Å². The third-order valence-electron chi connectivity index (χ3n) is 5.62. The van der Waals surface area contributed by atoms with Crippen molar-refractivity contribution in [3.63, 3.8) is 0 Å². The lowest BCUT2D eigenvalue weighted by atomic mass is 9.90. The number of ether oxygens (including phenoxy) is 2. The highest BCUT2D eigenvalue weighted by Crippen LogP contribution is 2.36. The molecule has 3 aliphatic rings. The lowest BCUT2D eigenvalue weighted by Gasteiger charge is -2.43. The Labute approximate surface area is 176 Å². The summed E-state index contributed by atoms with van der Waals surface area (Å²) >= 11 is 1.14. The number of allylic oxidation sites excluding steroid dienone is 5. The summed E-state index contributed by atoms with van der Waals surface area (Å²) in [6.45, 7) is 4.07. The maximum atomic E-state index is 12.4. The van der Waals surface area contributed by atoms with Crippen molar-refractivity contribution in [3.05, 3.63) is 36.0 Å². The number of nitrogens with one attached hydrogen (secondary N) is 1. The molecule has 0 aromatic carbocycles. The number of hydrogen-bond donors (Lipinski definition) is 2. The number of carbonyl (C=O) groups is 2. The van der Waals surface area contributed by atoms with Gasteiger partial charge in [-0.2, -0.15) is 0 Å². The first kappa shape index (κ1) is 22.1. The Hall–Kier alpha value is -1.57. The molecule has 0 aromatic heterocycles. The van der Waals surface area contributed by atoms with Crippen LogP contribution in [-0.4, -0.2) is 46.1 Å². The number of amides is 1. The second-order valence-electron chi connectivity index (χ2n) is 8.28. The average Bonchev–Trinajstić information content (AvgIpc) is 3.09. The topological polar surface area (TPSA) is 84.9 Å². The fourth-order valence-electron chi connectivity index (χ4n) is 3.96. The number of hydrogen-bond acceptors (Lipinski definition) is 6. The molecule has 6 nitrogen and oxygen atoms in total. The van der Waals surface area contributed by atoms with Crippen LogP contribution in [0.15, 0.2) is 36.0 Å². The Balaban J connectivity index is 1.78. The number of esters is 1. The van der Waals surface area contributed by atoms with Crippen LogP contribution >= 0.6 is 11.8 Å². The molecule has 2 saturated heterocycles. The predicted molar refractivity (Wildman–Crippen MR) is 113 cm³/mol. The molecule has 0 aromatic rings. The molecule has 0 saturated carbocycles. The first-order chi connectivity index (χ1) is 13.8. The fourth-order valence-corrected chi connectivity index (χ4v) is 4.85. The van der Waals surface area contributed by atoms with Crippen molar-refractivity contribution in [3.8, 4) is 0 Å². The van der Waals surface area contributed by atoms with Gasteiger partial charge in [0, 0.05) is 24.7 Å². The Morgan fingerprint density at radius 2 is 2.07 bits per heavy atom.